The van der Waals surface area contributed by atoms with Crippen molar-refractivity contribution in [1.82, 2.24) is 15.6 Å². The number of amides is 1. The quantitative estimate of drug-likeness (QED) is 0.890. The molecule has 0 aromatic carbocycles. The average molecular weight is 287 g/mol. The van der Waals surface area contributed by atoms with E-state index in [1.54, 1.807) is 11.3 Å². The third-order valence-corrected chi connectivity index (χ3v) is 5.49. The molecule has 2 saturated heterocycles. The van der Waals surface area contributed by atoms with E-state index in [1.807, 2.05) is 24.4 Å². The Morgan fingerprint density at radius 2 is 2.40 bits per heavy atom. The maximum Gasteiger partial charge on any atom is 0.270 e. The highest BCUT2D eigenvalue weighted by Crippen LogP contribution is 2.29. The number of carbonyl (C=O) groups is 1. The maximum absolute atomic E-state index is 12.4. The Kier molecular flexibility index (Phi) is 2.79. The number of hydrogen-bond acceptors (Lipinski definition) is 4. The summed E-state index contributed by atoms with van der Waals surface area (Å²) in [6.45, 7) is 1.97. The van der Waals surface area contributed by atoms with Crippen molar-refractivity contribution in [3.8, 4) is 0 Å². The molecule has 2 aliphatic rings. The van der Waals surface area contributed by atoms with Gasteiger partial charge in [0.25, 0.3) is 5.91 Å². The van der Waals surface area contributed by atoms with Gasteiger partial charge in [0.05, 0.1) is 10.4 Å². The van der Waals surface area contributed by atoms with Gasteiger partial charge in [0.1, 0.15) is 5.69 Å². The van der Waals surface area contributed by atoms with E-state index in [2.05, 4.69) is 15.6 Å². The van der Waals surface area contributed by atoms with Crippen molar-refractivity contribution < 1.29 is 4.79 Å². The Hall–Kier alpha value is -1.46. The van der Waals surface area contributed by atoms with Crippen LogP contribution in [0.2, 0.25) is 0 Å². The van der Waals surface area contributed by atoms with Crippen LogP contribution in [-0.4, -0.2) is 29.0 Å². The van der Waals surface area contributed by atoms with Crippen LogP contribution >= 0.6 is 11.3 Å². The second-order valence-corrected chi connectivity index (χ2v) is 6.71. The first-order valence-electron chi connectivity index (χ1n) is 7.12. The topological polar surface area (TPSA) is 54.0 Å². The highest BCUT2D eigenvalue weighted by atomic mass is 32.1. The summed E-state index contributed by atoms with van der Waals surface area (Å²) in [4.78, 5) is 16.9. The molecule has 2 bridgehead atoms. The molecule has 0 spiro atoms. The highest BCUT2D eigenvalue weighted by Gasteiger charge is 2.39. The van der Waals surface area contributed by atoms with E-state index < -0.39 is 0 Å². The molecule has 0 unspecified atom stereocenters. The van der Waals surface area contributed by atoms with Gasteiger partial charge in [-0.05, 0) is 49.1 Å². The lowest BCUT2D eigenvalue weighted by Gasteiger charge is -2.21. The van der Waals surface area contributed by atoms with Gasteiger partial charge < -0.3 is 10.6 Å². The number of rotatable bonds is 2. The van der Waals surface area contributed by atoms with E-state index in [0.717, 1.165) is 17.5 Å². The molecule has 2 aromatic heterocycles. The van der Waals surface area contributed by atoms with Crippen LogP contribution in [0.25, 0.3) is 10.1 Å². The number of pyridine rings is 1. The van der Waals surface area contributed by atoms with Gasteiger partial charge in [-0.2, -0.15) is 0 Å². The monoisotopic (exact) mass is 287 g/mol. The fourth-order valence-electron chi connectivity index (χ4n) is 3.48. The van der Waals surface area contributed by atoms with Crippen molar-refractivity contribution in [2.75, 3.05) is 0 Å². The SMILES string of the molecule is Cc1nc(C(=O)N[C@@H]2C[C@H]3CC[C@@H]2N3)cc2ccsc12. The Bertz CT molecular complexity index is 681. The van der Waals surface area contributed by atoms with Crippen molar-refractivity contribution >= 4 is 27.3 Å². The molecule has 20 heavy (non-hydrogen) atoms. The fourth-order valence-corrected chi connectivity index (χ4v) is 4.31. The zero-order valence-electron chi connectivity index (χ0n) is 11.3. The minimum Gasteiger partial charge on any atom is -0.346 e. The van der Waals surface area contributed by atoms with Crippen molar-refractivity contribution in [2.45, 2.75) is 44.3 Å². The van der Waals surface area contributed by atoms with Gasteiger partial charge >= 0.3 is 0 Å². The first kappa shape index (κ1) is 12.3. The van der Waals surface area contributed by atoms with Crippen LogP contribution < -0.4 is 10.6 Å². The van der Waals surface area contributed by atoms with Gasteiger partial charge in [0.2, 0.25) is 0 Å². The van der Waals surface area contributed by atoms with Crippen LogP contribution in [-0.2, 0) is 0 Å². The molecule has 4 heterocycles. The van der Waals surface area contributed by atoms with Crippen LogP contribution in [0.1, 0.15) is 35.4 Å². The van der Waals surface area contributed by atoms with E-state index >= 15 is 0 Å². The lowest BCUT2D eigenvalue weighted by atomic mass is 9.95. The predicted molar refractivity (Wildman–Crippen MR) is 80.2 cm³/mol. The van der Waals surface area contributed by atoms with Crippen LogP contribution in [0.15, 0.2) is 17.5 Å². The number of aryl methyl sites for hydroxylation is 1. The molecule has 4 nitrogen and oxygen atoms in total. The van der Waals surface area contributed by atoms with Crippen molar-refractivity contribution in [2.24, 2.45) is 0 Å². The molecule has 0 radical (unpaired) electrons. The van der Waals surface area contributed by atoms with Crippen molar-refractivity contribution in [1.29, 1.82) is 0 Å². The van der Waals surface area contributed by atoms with Gasteiger partial charge in [-0.1, -0.05) is 0 Å². The molecule has 2 aromatic rings. The highest BCUT2D eigenvalue weighted by molar-refractivity contribution is 7.17. The van der Waals surface area contributed by atoms with E-state index in [1.165, 1.54) is 17.5 Å². The lowest BCUT2D eigenvalue weighted by molar-refractivity contribution is 0.0926. The second kappa shape index (κ2) is 4.53. The van der Waals surface area contributed by atoms with Gasteiger partial charge in [0.15, 0.2) is 0 Å². The van der Waals surface area contributed by atoms with Crippen LogP contribution in [0, 0.1) is 6.92 Å². The molecular weight excluding hydrogens is 270 g/mol. The Balaban J connectivity index is 1.57. The minimum atomic E-state index is -0.0412. The molecule has 0 saturated carbocycles. The summed E-state index contributed by atoms with van der Waals surface area (Å²) < 4.78 is 1.17. The summed E-state index contributed by atoms with van der Waals surface area (Å²) in [5, 5.41) is 9.84. The fraction of sp³-hybridized carbons (Fsp3) is 0.467. The molecule has 2 fully saturated rings. The molecular formula is C15H17N3OS. The summed E-state index contributed by atoms with van der Waals surface area (Å²) in [7, 11) is 0. The summed E-state index contributed by atoms with van der Waals surface area (Å²) in [6.07, 6.45) is 3.47. The zero-order chi connectivity index (χ0) is 13.7. The Labute approximate surface area is 121 Å². The van der Waals surface area contributed by atoms with Gasteiger partial charge in [-0.3, -0.25) is 4.79 Å². The summed E-state index contributed by atoms with van der Waals surface area (Å²) in [5.41, 5.74) is 1.48. The number of nitrogens with zero attached hydrogens (tertiary/aromatic N) is 1. The predicted octanol–water partition coefficient (Wildman–Crippen LogP) is 2.23. The molecule has 2 aliphatic heterocycles. The smallest absolute Gasteiger partial charge is 0.270 e. The van der Waals surface area contributed by atoms with Gasteiger partial charge in [-0.25, -0.2) is 4.98 Å². The lowest BCUT2D eigenvalue weighted by Crippen LogP contribution is -2.43. The summed E-state index contributed by atoms with van der Waals surface area (Å²) in [6, 6.07) is 5.26. The number of hydrogen-bond donors (Lipinski definition) is 2. The number of carbonyl (C=O) groups excluding carboxylic acids is 1. The standard InChI is InChI=1S/C15H17N3OS/c1-8-14-9(4-5-20-14)6-13(16-8)15(19)18-12-7-10-2-3-11(12)17-10/h4-6,10-12,17H,2-3,7H2,1H3,(H,18,19)/t10-,11+,12-/m1/s1. The van der Waals surface area contributed by atoms with E-state index in [4.69, 9.17) is 0 Å². The molecule has 1 amide bonds. The molecule has 5 heteroatoms. The van der Waals surface area contributed by atoms with E-state index in [0.29, 0.717) is 17.8 Å². The van der Waals surface area contributed by atoms with E-state index in [-0.39, 0.29) is 11.9 Å². The molecule has 0 aliphatic carbocycles. The molecule has 3 atom stereocenters. The summed E-state index contributed by atoms with van der Waals surface area (Å²) in [5.74, 6) is -0.0412. The summed E-state index contributed by atoms with van der Waals surface area (Å²) >= 11 is 1.67. The number of thiophene rings is 1. The first-order chi connectivity index (χ1) is 9.70. The Morgan fingerprint density at radius 3 is 3.15 bits per heavy atom. The number of nitrogens with one attached hydrogen (secondary N) is 2. The first-order valence-corrected chi connectivity index (χ1v) is 8.00. The van der Waals surface area contributed by atoms with Gasteiger partial charge in [0, 0.05) is 18.1 Å². The normalized spacial score (nSPS) is 28.1. The minimum absolute atomic E-state index is 0.0412. The largest absolute Gasteiger partial charge is 0.346 e. The Morgan fingerprint density at radius 1 is 1.50 bits per heavy atom. The third kappa shape index (κ3) is 1.93. The maximum atomic E-state index is 12.4. The molecule has 104 valence electrons. The van der Waals surface area contributed by atoms with Crippen LogP contribution in [0.3, 0.4) is 0 Å². The number of aromatic nitrogens is 1. The van der Waals surface area contributed by atoms with Crippen molar-refractivity contribution in [3.63, 3.8) is 0 Å². The zero-order valence-corrected chi connectivity index (χ0v) is 12.2. The molecule has 2 N–H and O–H groups in total. The van der Waals surface area contributed by atoms with Crippen molar-refractivity contribution in [3.05, 3.63) is 28.9 Å². The molecule has 4 rings (SSSR count). The van der Waals surface area contributed by atoms with E-state index in [9.17, 15) is 4.79 Å². The van der Waals surface area contributed by atoms with Crippen LogP contribution in [0.4, 0.5) is 0 Å². The third-order valence-electron chi connectivity index (χ3n) is 4.45. The van der Waals surface area contributed by atoms with Crippen LogP contribution in [0.5, 0.6) is 0 Å². The van der Waals surface area contributed by atoms with Gasteiger partial charge in [-0.15, -0.1) is 11.3 Å². The number of fused-ring (bicyclic) bond motifs is 3. The second-order valence-electron chi connectivity index (χ2n) is 5.79. The average Bonchev–Trinajstić information content (AvgIpc) is 3.13.